The quantitative estimate of drug-likeness (QED) is 0.570. The molecule has 33 heavy (non-hydrogen) atoms. The minimum Gasteiger partial charge on any atom is -0.369 e. The van der Waals surface area contributed by atoms with Crippen LogP contribution in [0.3, 0.4) is 0 Å². The highest BCUT2D eigenvalue weighted by molar-refractivity contribution is 7.91. The van der Waals surface area contributed by atoms with Crippen LogP contribution in [-0.4, -0.2) is 42.5 Å². The van der Waals surface area contributed by atoms with Gasteiger partial charge in [-0.05, 0) is 42.5 Å². The Hall–Kier alpha value is -2.67. The molecule has 2 N–H and O–H groups in total. The van der Waals surface area contributed by atoms with E-state index in [2.05, 4.69) is 10.3 Å². The summed E-state index contributed by atoms with van der Waals surface area (Å²) >= 11 is 0. The molecule has 1 aromatic heterocycles. The SMILES string of the molecule is O=C(Cc1ccc(S(=O)(=O)CC2CC2)nc1)Nc1ccc(C(O)(C(F)(F)F)C(F)(F)F)cc1. The fourth-order valence-corrected chi connectivity index (χ4v) is 4.67. The summed E-state index contributed by atoms with van der Waals surface area (Å²) in [5, 5.41) is 11.5. The lowest BCUT2D eigenvalue weighted by Gasteiger charge is -2.32. The Kier molecular flexibility index (Phi) is 6.50. The lowest BCUT2D eigenvalue weighted by Crippen LogP contribution is -2.53. The number of hydrogen-bond donors (Lipinski definition) is 2. The highest BCUT2D eigenvalue weighted by Gasteiger charge is 2.71. The first-order chi connectivity index (χ1) is 15.1. The number of sulfone groups is 1. The number of hydrogen-bond acceptors (Lipinski definition) is 5. The third kappa shape index (κ3) is 5.46. The number of nitrogens with one attached hydrogen (secondary N) is 1. The monoisotopic (exact) mass is 496 g/mol. The Morgan fingerprint density at radius 1 is 1.00 bits per heavy atom. The molecule has 0 bridgehead atoms. The summed E-state index contributed by atoms with van der Waals surface area (Å²) in [7, 11) is -3.52. The Morgan fingerprint density at radius 2 is 1.58 bits per heavy atom. The highest BCUT2D eigenvalue weighted by atomic mass is 32.2. The zero-order valence-corrected chi connectivity index (χ0v) is 17.6. The maximum atomic E-state index is 12.9. The second-order valence-electron chi connectivity index (χ2n) is 7.74. The van der Waals surface area contributed by atoms with Crippen molar-refractivity contribution in [3.8, 4) is 0 Å². The number of aromatic nitrogens is 1. The largest absolute Gasteiger partial charge is 0.430 e. The summed E-state index contributed by atoms with van der Waals surface area (Å²) in [5.74, 6) is -0.523. The molecule has 0 unspecified atom stereocenters. The van der Waals surface area contributed by atoms with Crippen molar-refractivity contribution in [1.29, 1.82) is 0 Å². The van der Waals surface area contributed by atoms with Crippen LogP contribution in [0.1, 0.15) is 24.0 Å². The summed E-state index contributed by atoms with van der Waals surface area (Å²) < 4.78 is 102. The highest BCUT2D eigenvalue weighted by Crippen LogP contribution is 2.50. The van der Waals surface area contributed by atoms with Gasteiger partial charge in [0.05, 0.1) is 12.2 Å². The van der Waals surface area contributed by atoms with E-state index in [-0.39, 0.29) is 28.8 Å². The van der Waals surface area contributed by atoms with Gasteiger partial charge in [-0.25, -0.2) is 13.4 Å². The van der Waals surface area contributed by atoms with Crippen LogP contribution in [-0.2, 0) is 26.7 Å². The normalized spacial score (nSPS) is 15.4. The van der Waals surface area contributed by atoms with Gasteiger partial charge in [0.2, 0.25) is 5.91 Å². The predicted octanol–water partition coefficient (Wildman–Crippen LogP) is 3.76. The molecule has 2 aromatic rings. The number of anilines is 1. The Morgan fingerprint density at radius 3 is 2.03 bits per heavy atom. The summed E-state index contributed by atoms with van der Waals surface area (Å²) in [4.78, 5) is 16.0. The second-order valence-corrected chi connectivity index (χ2v) is 9.72. The fraction of sp³-hybridized carbons (Fsp3) is 0.400. The van der Waals surface area contributed by atoms with Gasteiger partial charge in [0.25, 0.3) is 5.60 Å². The molecular formula is C20H18F6N2O4S. The molecule has 180 valence electrons. The molecule has 1 fully saturated rings. The van der Waals surface area contributed by atoms with Crippen molar-refractivity contribution in [2.45, 2.75) is 42.2 Å². The first-order valence-corrected chi connectivity index (χ1v) is 11.2. The smallest absolute Gasteiger partial charge is 0.369 e. The standard InChI is InChI=1S/C20H18F6N2O4S/c21-19(22,23)18(30,20(24,25)26)14-4-6-15(7-5-14)28-16(29)9-13-3-8-17(27-10-13)33(31,32)11-12-1-2-12/h3-8,10,12,30H,1-2,9,11H2,(H,28,29). The third-order valence-electron chi connectivity index (χ3n) is 5.04. The van der Waals surface area contributed by atoms with E-state index in [1.54, 1.807) is 0 Å². The molecule has 0 spiro atoms. The first-order valence-electron chi connectivity index (χ1n) is 9.57. The molecule has 1 aliphatic carbocycles. The molecule has 1 heterocycles. The molecule has 0 aliphatic heterocycles. The molecule has 0 saturated heterocycles. The molecule has 0 radical (unpaired) electrons. The minimum absolute atomic E-state index is 0.00757. The topological polar surface area (TPSA) is 96.4 Å². The zero-order chi connectivity index (χ0) is 24.7. The van der Waals surface area contributed by atoms with Crippen molar-refractivity contribution in [3.63, 3.8) is 0 Å². The maximum absolute atomic E-state index is 12.9. The van der Waals surface area contributed by atoms with Gasteiger partial charge in [0.1, 0.15) is 0 Å². The van der Waals surface area contributed by atoms with Gasteiger partial charge in [-0.15, -0.1) is 0 Å². The third-order valence-corrected chi connectivity index (χ3v) is 6.83. The maximum Gasteiger partial charge on any atom is 0.430 e. The second kappa shape index (κ2) is 8.60. The fourth-order valence-electron chi connectivity index (χ4n) is 3.05. The van der Waals surface area contributed by atoms with Crippen LogP contribution < -0.4 is 5.32 Å². The summed E-state index contributed by atoms with van der Waals surface area (Å²) in [6, 6.07) is 5.07. The van der Waals surface area contributed by atoms with Crippen molar-refractivity contribution in [1.82, 2.24) is 4.98 Å². The van der Waals surface area contributed by atoms with E-state index < -0.39 is 39.3 Å². The molecule has 6 nitrogen and oxygen atoms in total. The first kappa shape index (κ1) is 25.0. The van der Waals surface area contributed by atoms with Crippen molar-refractivity contribution in [2.75, 3.05) is 11.1 Å². The summed E-state index contributed by atoms with van der Waals surface area (Å²) in [5.41, 5.74) is -6.27. The molecule has 1 aliphatic rings. The van der Waals surface area contributed by atoms with Crippen LogP contribution in [0.2, 0.25) is 0 Å². The number of carbonyl (C=O) groups is 1. The van der Waals surface area contributed by atoms with Crippen molar-refractivity contribution < 1.29 is 44.7 Å². The Labute approximate surface area is 184 Å². The summed E-state index contributed by atoms with van der Waals surface area (Å²) in [6.45, 7) is 0. The number of rotatable bonds is 7. The van der Waals surface area contributed by atoms with E-state index in [0.29, 0.717) is 17.7 Å². The van der Waals surface area contributed by atoms with Crippen LogP contribution in [0.5, 0.6) is 0 Å². The molecule has 1 aromatic carbocycles. The van der Waals surface area contributed by atoms with Crippen LogP contribution in [0.25, 0.3) is 0 Å². The van der Waals surface area contributed by atoms with E-state index in [9.17, 15) is 44.7 Å². The van der Waals surface area contributed by atoms with Gasteiger partial charge >= 0.3 is 12.4 Å². The molecule has 13 heteroatoms. The minimum atomic E-state index is -6.01. The van der Waals surface area contributed by atoms with E-state index in [1.165, 1.54) is 18.3 Å². The van der Waals surface area contributed by atoms with E-state index >= 15 is 0 Å². The van der Waals surface area contributed by atoms with Gasteiger partial charge in [0.15, 0.2) is 14.9 Å². The average molecular weight is 496 g/mol. The predicted molar refractivity (Wildman–Crippen MR) is 104 cm³/mol. The number of carbonyl (C=O) groups excluding carboxylic acids is 1. The number of amides is 1. The Balaban J connectivity index is 1.66. The van der Waals surface area contributed by atoms with Crippen LogP contribution in [0.15, 0.2) is 47.6 Å². The van der Waals surface area contributed by atoms with Gasteiger partial charge in [-0.3, -0.25) is 4.79 Å². The van der Waals surface area contributed by atoms with Gasteiger partial charge < -0.3 is 10.4 Å². The van der Waals surface area contributed by atoms with E-state index in [0.717, 1.165) is 25.0 Å². The number of nitrogens with zero attached hydrogens (tertiary/aromatic N) is 1. The van der Waals surface area contributed by atoms with Crippen LogP contribution in [0, 0.1) is 5.92 Å². The molecule has 1 saturated carbocycles. The van der Waals surface area contributed by atoms with Crippen molar-refractivity contribution >= 4 is 21.4 Å². The molecule has 1 amide bonds. The number of alkyl halides is 6. The average Bonchev–Trinajstić information content (AvgIpc) is 3.50. The van der Waals surface area contributed by atoms with Crippen LogP contribution >= 0.6 is 0 Å². The van der Waals surface area contributed by atoms with E-state index in [1.807, 2.05) is 0 Å². The van der Waals surface area contributed by atoms with Gasteiger partial charge in [-0.1, -0.05) is 18.2 Å². The van der Waals surface area contributed by atoms with Crippen molar-refractivity contribution in [2.24, 2.45) is 5.92 Å². The van der Waals surface area contributed by atoms with Gasteiger partial charge in [-0.2, -0.15) is 26.3 Å². The lowest BCUT2D eigenvalue weighted by atomic mass is 9.92. The van der Waals surface area contributed by atoms with Gasteiger partial charge in [0, 0.05) is 17.4 Å². The van der Waals surface area contributed by atoms with Crippen molar-refractivity contribution in [3.05, 3.63) is 53.7 Å². The molecule has 0 atom stereocenters. The zero-order valence-electron chi connectivity index (χ0n) is 16.7. The number of halogens is 6. The lowest BCUT2D eigenvalue weighted by molar-refractivity contribution is -0.376. The molecule has 3 rings (SSSR count). The number of pyridine rings is 1. The molecular weight excluding hydrogens is 478 g/mol. The van der Waals surface area contributed by atoms with Crippen LogP contribution in [0.4, 0.5) is 32.0 Å². The van der Waals surface area contributed by atoms with E-state index in [4.69, 9.17) is 0 Å². The number of benzene rings is 1. The summed E-state index contributed by atoms with van der Waals surface area (Å²) in [6.07, 6.45) is -9.39. The Bertz CT molecular complexity index is 1100. The number of aliphatic hydroxyl groups is 1.